The summed E-state index contributed by atoms with van der Waals surface area (Å²) in [5.74, 6) is 0.560. The van der Waals surface area contributed by atoms with Crippen molar-refractivity contribution in [1.82, 2.24) is 10.6 Å². The van der Waals surface area contributed by atoms with E-state index < -0.39 is 0 Å². The molecule has 2 aliphatic rings. The van der Waals surface area contributed by atoms with Crippen molar-refractivity contribution in [3.05, 3.63) is 35.6 Å². The quantitative estimate of drug-likeness (QED) is 0.403. The van der Waals surface area contributed by atoms with Gasteiger partial charge in [-0.3, -0.25) is 4.99 Å². The number of rotatable bonds is 8. The Balaban J connectivity index is 1.47. The zero-order valence-electron chi connectivity index (χ0n) is 16.7. The molecule has 2 aliphatic heterocycles. The van der Waals surface area contributed by atoms with E-state index in [1.807, 2.05) is 6.07 Å². The van der Waals surface area contributed by atoms with Crippen LogP contribution in [0.25, 0.3) is 0 Å². The van der Waals surface area contributed by atoms with E-state index in [9.17, 15) is 4.39 Å². The van der Waals surface area contributed by atoms with Crippen LogP contribution in [-0.4, -0.2) is 65.2 Å². The summed E-state index contributed by atoms with van der Waals surface area (Å²) in [5.41, 5.74) is 0.870. The van der Waals surface area contributed by atoms with Gasteiger partial charge < -0.3 is 24.8 Å². The zero-order valence-corrected chi connectivity index (χ0v) is 16.7. The summed E-state index contributed by atoms with van der Waals surface area (Å²) in [7, 11) is 1.76. The van der Waals surface area contributed by atoms with Gasteiger partial charge in [-0.2, -0.15) is 0 Å². The first kappa shape index (κ1) is 21.0. The second-order valence-corrected chi connectivity index (χ2v) is 7.47. The van der Waals surface area contributed by atoms with Crippen molar-refractivity contribution in [1.29, 1.82) is 0 Å². The first-order valence-electron chi connectivity index (χ1n) is 10.2. The summed E-state index contributed by atoms with van der Waals surface area (Å²) >= 11 is 0. The Bertz CT molecular complexity index is 629. The van der Waals surface area contributed by atoms with Crippen molar-refractivity contribution in [2.45, 2.75) is 37.2 Å². The van der Waals surface area contributed by atoms with Crippen molar-refractivity contribution < 1.29 is 18.6 Å². The Labute approximate surface area is 166 Å². The summed E-state index contributed by atoms with van der Waals surface area (Å²) in [6.07, 6.45) is 3.86. The van der Waals surface area contributed by atoms with E-state index in [0.29, 0.717) is 33.0 Å². The molecule has 7 heteroatoms. The lowest BCUT2D eigenvalue weighted by Crippen LogP contribution is -2.48. The maximum Gasteiger partial charge on any atom is 0.191 e. The van der Waals surface area contributed by atoms with E-state index in [0.717, 1.165) is 50.4 Å². The Kier molecular flexibility index (Phi) is 8.06. The number of halogens is 1. The van der Waals surface area contributed by atoms with E-state index in [1.165, 1.54) is 6.07 Å². The predicted octanol–water partition coefficient (Wildman–Crippen LogP) is 2.23. The van der Waals surface area contributed by atoms with Gasteiger partial charge in [-0.15, -0.1) is 0 Å². The second kappa shape index (κ2) is 10.7. The van der Waals surface area contributed by atoms with Gasteiger partial charge in [0.05, 0.1) is 12.7 Å². The van der Waals surface area contributed by atoms with Gasteiger partial charge in [0.25, 0.3) is 0 Å². The lowest BCUT2D eigenvalue weighted by molar-refractivity contribution is 0.0419. The van der Waals surface area contributed by atoms with Crippen LogP contribution in [0.15, 0.2) is 29.3 Å². The summed E-state index contributed by atoms with van der Waals surface area (Å²) in [6.45, 7) is 5.07. The maximum atomic E-state index is 13.8. The molecule has 28 heavy (non-hydrogen) atoms. The number of hydrogen-bond donors (Lipinski definition) is 2. The molecule has 0 bridgehead atoms. The van der Waals surface area contributed by atoms with E-state index >= 15 is 0 Å². The van der Waals surface area contributed by atoms with Crippen LogP contribution in [0.4, 0.5) is 4.39 Å². The van der Waals surface area contributed by atoms with Crippen molar-refractivity contribution in [3.8, 4) is 0 Å². The molecule has 6 nitrogen and oxygen atoms in total. The van der Waals surface area contributed by atoms with Crippen molar-refractivity contribution in [3.63, 3.8) is 0 Å². The fourth-order valence-corrected chi connectivity index (χ4v) is 3.79. The molecule has 2 fully saturated rings. The lowest BCUT2D eigenvalue weighted by atomic mass is 9.74. The van der Waals surface area contributed by atoms with Gasteiger partial charge in [0.15, 0.2) is 5.96 Å². The fraction of sp³-hybridized carbons (Fsp3) is 0.667. The molecule has 1 atom stereocenters. The van der Waals surface area contributed by atoms with Gasteiger partial charge in [0, 0.05) is 52.0 Å². The Hall–Kier alpha value is -1.70. The molecule has 0 aliphatic carbocycles. The van der Waals surface area contributed by atoms with Crippen LogP contribution < -0.4 is 10.6 Å². The average Bonchev–Trinajstić information content (AvgIpc) is 3.24. The number of guanidine groups is 1. The molecule has 0 spiro atoms. The lowest BCUT2D eigenvalue weighted by Gasteiger charge is -2.38. The highest BCUT2D eigenvalue weighted by Gasteiger charge is 2.34. The van der Waals surface area contributed by atoms with Gasteiger partial charge in [-0.05, 0) is 43.4 Å². The van der Waals surface area contributed by atoms with Gasteiger partial charge in [0.2, 0.25) is 0 Å². The molecule has 3 rings (SSSR count). The molecule has 0 radical (unpaired) electrons. The highest BCUT2D eigenvalue weighted by atomic mass is 19.1. The monoisotopic (exact) mass is 393 g/mol. The SMILES string of the molecule is CN=C(NCCCOC1CCOC1)NCC1(c2cccc(F)c2)CCOCC1. The number of benzene rings is 1. The molecule has 0 aromatic heterocycles. The third-order valence-electron chi connectivity index (χ3n) is 5.56. The van der Waals surface area contributed by atoms with Crippen LogP contribution in [0.1, 0.15) is 31.2 Å². The zero-order chi connectivity index (χ0) is 19.7. The largest absolute Gasteiger partial charge is 0.381 e. The minimum atomic E-state index is -0.196. The normalized spacial score (nSPS) is 22.2. The second-order valence-electron chi connectivity index (χ2n) is 7.47. The number of ether oxygens (including phenoxy) is 3. The van der Waals surface area contributed by atoms with Gasteiger partial charge >= 0.3 is 0 Å². The maximum absolute atomic E-state index is 13.8. The Morgan fingerprint density at radius 2 is 2.11 bits per heavy atom. The minimum Gasteiger partial charge on any atom is -0.381 e. The van der Waals surface area contributed by atoms with Crippen molar-refractivity contribution >= 4 is 5.96 Å². The van der Waals surface area contributed by atoms with Crippen LogP contribution in [0, 0.1) is 5.82 Å². The molecule has 156 valence electrons. The van der Waals surface area contributed by atoms with E-state index in [4.69, 9.17) is 14.2 Å². The third kappa shape index (κ3) is 5.90. The first-order valence-corrected chi connectivity index (χ1v) is 10.2. The summed E-state index contributed by atoms with van der Waals surface area (Å²) in [4.78, 5) is 4.32. The van der Waals surface area contributed by atoms with Crippen LogP contribution >= 0.6 is 0 Å². The number of nitrogens with one attached hydrogen (secondary N) is 2. The van der Waals surface area contributed by atoms with Crippen molar-refractivity contribution in [2.24, 2.45) is 4.99 Å². The van der Waals surface area contributed by atoms with E-state index in [-0.39, 0.29) is 17.3 Å². The van der Waals surface area contributed by atoms with Crippen LogP contribution in [0.3, 0.4) is 0 Å². The van der Waals surface area contributed by atoms with Gasteiger partial charge in [-0.25, -0.2) is 4.39 Å². The van der Waals surface area contributed by atoms with Crippen LogP contribution in [0.5, 0.6) is 0 Å². The molecule has 0 amide bonds. The van der Waals surface area contributed by atoms with Crippen LogP contribution in [0.2, 0.25) is 0 Å². The molecule has 2 N–H and O–H groups in total. The first-order chi connectivity index (χ1) is 13.7. The summed E-state index contributed by atoms with van der Waals surface area (Å²) < 4.78 is 30.4. The molecule has 1 aromatic rings. The molecular formula is C21H32FN3O3. The van der Waals surface area contributed by atoms with E-state index in [1.54, 1.807) is 19.2 Å². The molecule has 1 aromatic carbocycles. The molecular weight excluding hydrogens is 361 g/mol. The smallest absolute Gasteiger partial charge is 0.191 e. The van der Waals surface area contributed by atoms with Crippen LogP contribution in [-0.2, 0) is 19.6 Å². The highest BCUT2D eigenvalue weighted by molar-refractivity contribution is 5.79. The minimum absolute atomic E-state index is 0.149. The standard InChI is InChI=1S/C21H32FN3O3/c1-23-20(24-9-3-10-28-19-6-11-27-15-19)25-16-21(7-12-26-13-8-21)17-4-2-5-18(22)14-17/h2,4-5,14,19H,3,6-13,15-16H2,1H3,(H2,23,24,25). The van der Waals surface area contributed by atoms with Crippen molar-refractivity contribution in [2.75, 3.05) is 53.2 Å². The summed E-state index contributed by atoms with van der Waals surface area (Å²) in [6, 6.07) is 6.93. The summed E-state index contributed by atoms with van der Waals surface area (Å²) in [5, 5.41) is 6.77. The third-order valence-corrected chi connectivity index (χ3v) is 5.56. The van der Waals surface area contributed by atoms with E-state index in [2.05, 4.69) is 15.6 Å². The Morgan fingerprint density at radius 1 is 1.25 bits per heavy atom. The topological polar surface area (TPSA) is 64.1 Å². The number of nitrogens with zero attached hydrogens (tertiary/aromatic N) is 1. The highest BCUT2D eigenvalue weighted by Crippen LogP contribution is 2.34. The Morgan fingerprint density at radius 3 is 2.82 bits per heavy atom. The van der Waals surface area contributed by atoms with Gasteiger partial charge in [0.1, 0.15) is 5.82 Å². The molecule has 2 saturated heterocycles. The average molecular weight is 394 g/mol. The number of hydrogen-bond acceptors (Lipinski definition) is 4. The molecule has 1 unspecified atom stereocenters. The molecule has 2 heterocycles. The molecule has 0 saturated carbocycles. The number of aliphatic imine (C=N–C) groups is 1. The fourth-order valence-electron chi connectivity index (χ4n) is 3.79. The predicted molar refractivity (Wildman–Crippen MR) is 107 cm³/mol. The van der Waals surface area contributed by atoms with Gasteiger partial charge in [-0.1, -0.05) is 12.1 Å².